The van der Waals surface area contributed by atoms with Crippen LogP contribution in [0.4, 0.5) is 0 Å². The van der Waals surface area contributed by atoms with E-state index in [1.165, 1.54) is 11.1 Å². The molecule has 1 heterocycles. The predicted molar refractivity (Wildman–Crippen MR) is 47.1 cm³/mol. The normalized spacial score (nSPS) is 13.5. The molecule has 3 rings (SSSR count). The topological polar surface area (TPSA) is 38.9 Å². The smallest absolute Gasteiger partial charge is 0.138 e. The van der Waals surface area contributed by atoms with Crippen molar-refractivity contribution in [3.8, 4) is 11.3 Å². The van der Waals surface area contributed by atoms with Crippen LogP contribution < -0.4 is 0 Å². The van der Waals surface area contributed by atoms with Crippen molar-refractivity contribution in [1.29, 1.82) is 0 Å². The first kappa shape index (κ1) is 6.83. The Morgan fingerprint density at radius 2 is 2.00 bits per heavy atom. The molecule has 0 amide bonds. The third-order valence-electron chi connectivity index (χ3n) is 2.46. The molecule has 13 heavy (non-hydrogen) atoms. The molecule has 3 heteroatoms. The van der Waals surface area contributed by atoms with Crippen LogP contribution in [-0.4, -0.2) is 10.3 Å². The van der Waals surface area contributed by atoms with Gasteiger partial charge in [0.1, 0.15) is 11.4 Å². The molecule has 0 spiro atoms. The fraction of sp³-hybridized carbons (Fsp3) is 0.200. The maximum absolute atomic E-state index is 4.72. The quantitative estimate of drug-likeness (QED) is 0.608. The Labute approximate surface area is 75.3 Å². The summed E-state index contributed by atoms with van der Waals surface area (Å²) in [5, 5.41) is 7.78. The first-order valence-electron chi connectivity index (χ1n) is 4.35. The van der Waals surface area contributed by atoms with Gasteiger partial charge < -0.3 is 0 Å². The molecule has 0 fully saturated rings. The molecule has 1 aromatic heterocycles. The van der Waals surface area contributed by atoms with Gasteiger partial charge in [-0.25, -0.2) is 4.63 Å². The van der Waals surface area contributed by atoms with E-state index in [1.54, 1.807) is 0 Å². The molecule has 1 aliphatic rings. The van der Waals surface area contributed by atoms with Gasteiger partial charge in [-0.3, -0.25) is 0 Å². The second kappa shape index (κ2) is 2.42. The van der Waals surface area contributed by atoms with Crippen LogP contribution in [0.5, 0.6) is 0 Å². The molecule has 2 aromatic rings. The van der Waals surface area contributed by atoms with Crippen molar-refractivity contribution in [2.75, 3.05) is 0 Å². The van der Waals surface area contributed by atoms with E-state index in [9.17, 15) is 0 Å². The van der Waals surface area contributed by atoms with Crippen molar-refractivity contribution >= 4 is 0 Å². The molecule has 3 nitrogen and oxygen atoms in total. The highest BCUT2D eigenvalue weighted by Crippen LogP contribution is 2.30. The molecule has 0 aliphatic heterocycles. The molecule has 0 bridgehead atoms. The van der Waals surface area contributed by atoms with Gasteiger partial charge in [-0.05, 0) is 23.6 Å². The highest BCUT2D eigenvalue weighted by atomic mass is 16.6. The lowest BCUT2D eigenvalue weighted by atomic mass is 9.93. The zero-order chi connectivity index (χ0) is 8.67. The van der Waals surface area contributed by atoms with Gasteiger partial charge in [-0.15, -0.1) is 0 Å². The Morgan fingerprint density at radius 3 is 3.00 bits per heavy atom. The van der Waals surface area contributed by atoms with Gasteiger partial charge in [0, 0.05) is 5.56 Å². The molecular weight excluding hydrogens is 164 g/mol. The molecule has 1 aliphatic carbocycles. The number of benzene rings is 1. The average Bonchev–Trinajstić information content (AvgIpc) is 2.65. The lowest BCUT2D eigenvalue weighted by molar-refractivity contribution is 0.305. The Bertz CT molecular complexity index is 448. The summed E-state index contributed by atoms with van der Waals surface area (Å²) < 4.78 is 4.72. The van der Waals surface area contributed by atoms with Crippen molar-refractivity contribution in [2.45, 2.75) is 12.8 Å². The Hall–Kier alpha value is -1.64. The van der Waals surface area contributed by atoms with Crippen molar-refractivity contribution < 1.29 is 4.63 Å². The molecule has 64 valence electrons. The van der Waals surface area contributed by atoms with Crippen LogP contribution in [0.15, 0.2) is 28.9 Å². The third-order valence-corrected chi connectivity index (χ3v) is 2.46. The van der Waals surface area contributed by atoms with Gasteiger partial charge in [0.15, 0.2) is 0 Å². The van der Waals surface area contributed by atoms with E-state index >= 15 is 0 Å². The van der Waals surface area contributed by atoms with Crippen LogP contribution in [-0.2, 0) is 12.8 Å². The van der Waals surface area contributed by atoms with E-state index in [1.807, 2.05) is 6.07 Å². The number of hydrogen-bond donors (Lipinski definition) is 0. The van der Waals surface area contributed by atoms with Gasteiger partial charge in [0.25, 0.3) is 0 Å². The zero-order valence-corrected chi connectivity index (χ0v) is 7.03. The van der Waals surface area contributed by atoms with E-state index < -0.39 is 0 Å². The number of nitrogens with zero attached hydrogens (tertiary/aromatic N) is 2. The second-order valence-corrected chi connectivity index (χ2v) is 3.22. The van der Waals surface area contributed by atoms with E-state index in [0.29, 0.717) is 0 Å². The first-order valence-corrected chi connectivity index (χ1v) is 4.35. The van der Waals surface area contributed by atoms with Gasteiger partial charge >= 0.3 is 0 Å². The Kier molecular flexibility index (Phi) is 1.27. The summed E-state index contributed by atoms with van der Waals surface area (Å²) in [4.78, 5) is 0. The fourth-order valence-electron chi connectivity index (χ4n) is 1.80. The van der Waals surface area contributed by atoms with Crippen molar-refractivity contribution in [3.63, 3.8) is 0 Å². The number of hydrogen-bond acceptors (Lipinski definition) is 3. The lowest BCUT2D eigenvalue weighted by Gasteiger charge is -2.11. The first-order chi connectivity index (χ1) is 6.45. The van der Waals surface area contributed by atoms with Crippen LogP contribution >= 0.6 is 0 Å². The number of fused-ring (bicyclic) bond motifs is 3. The van der Waals surface area contributed by atoms with E-state index in [-0.39, 0.29) is 0 Å². The van der Waals surface area contributed by atoms with Crippen LogP contribution in [0.3, 0.4) is 0 Å². The third kappa shape index (κ3) is 0.900. The monoisotopic (exact) mass is 172 g/mol. The summed E-state index contributed by atoms with van der Waals surface area (Å²) in [6.07, 6.45) is 1.98. The lowest BCUT2D eigenvalue weighted by Crippen LogP contribution is -2.02. The van der Waals surface area contributed by atoms with Crippen LogP contribution in [0.2, 0.25) is 0 Å². The maximum atomic E-state index is 4.72. The minimum atomic E-state index is 0.918. The summed E-state index contributed by atoms with van der Waals surface area (Å²) in [7, 11) is 0. The van der Waals surface area contributed by atoms with Crippen molar-refractivity contribution in [1.82, 2.24) is 10.3 Å². The molecule has 0 saturated heterocycles. The zero-order valence-electron chi connectivity index (χ0n) is 7.03. The highest BCUT2D eigenvalue weighted by molar-refractivity contribution is 5.67. The Balaban J connectivity index is 2.30. The predicted octanol–water partition coefficient (Wildman–Crippen LogP) is 1.84. The SMILES string of the molecule is c1ccc2c(c1)CCc1nonc1-2. The van der Waals surface area contributed by atoms with Crippen LogP contribution in [0.1, 0.15) is 11.3 Å². The van der Waals surface area contributed by atoms with E-state index in [2.05, 4.69) is 28.5 Å². The molecule has 0 radical (unpaired) electrons. The largest absolute Gasteiger partial charge is 0.244 e. The standard InChI is InChI=1S/C10H8N2O/c1-2-4-8-7(3-1)5-6-9-10(8)12-13-11-9/h1-4H,5-6H2. The van der Waals surface area contributed by atoms with Gasteiger partial charge in [0.05, 0.1) is 0 Å². The molecule has 0 unspecified atom stereocenters. The molecule has 0 atom stereocenters. The van der Waals surface area contributed by atoms with Gasteiger partial charge in [0.2, 0.25) is 0 Å². The molecule has 1 aromatic carbocycles. The summed E-state index contributed by atoms with van der Waals surface area (Å²) in [5.74, 6) is 0. The van der Waals surface area contributed by atoms with E-state index in [4.69, 9.17) is 4.63 Å². The molecular formula is C10H8N2O. The molecule has 0 N–H and O–H groups in total. The molecule has 0 saturated carbocycles. The van der Waals surface area contributed by atoms with Gasteiger partial charge in [-0.2, -0.15) is 0 Å². The van der Waals surface area contributed by atoms with Gasteiger partial charge in [-0.1, -0.05) is 29.4 Å². The minimum Gasteiger partial charge on any atom is -0.244 e. The average molecular weight is 172 g/mol. The maximum Gasteiger partial charge on any atom is 0.138 e. The summed E-state index contributed by atoms with van der Waals surface area (Å²) >= 11 is 0. The fourth-order valence-corrected chi connectivity index (χ4v) is 1.80. The highest BCUT2D eigenvalue weighted by Gasteiger charge is 2.19. The van der Waals surface area contributed by atoms with E-state index in [0.717, 1.165) is 24.2 Å². The minimum absolute atomic E-state index is 0.918. The second-order valence-electron chi connectivity index (χ2n) is 3.22. The summed E-state index contributed by atoms with van der Waals surface area (Å²) in [5.41, 5.74) is 4.41. The van der Waals surface area contributed by atoms with Crippen LogP contribution in [0.25, 0.3) is 11.3 Å². The Morgan fingerprint density at radius 1 is 1.08 bits per heavy atom. The van der Waals surface area contributed by atoms with Crippen molar-refractivity contribution in [2.24, 2.45) is 0 Å². The number of aromatic nitrogens is 2. The summed E-state index contributed by atoms with van der Waals surface area (Å²) in [6, 6.07) is 8.27. The van der Waals surface area contributed by atoms with Crippen LogP contribution in [0, 0.1) is 0 Å². The summed E-state index contributed by atoms with van der Waals surface area (Å²) in [6.45, 7) is 0. The number of rotatable bonds is 0. The van der Waals surface area contributed by atoms with Crippen molar-refractivity contribution in [3.05, 3.63) is 35.5 Å². The number of aryl methyl sites for hydroxylation is 2.